The molecule has 0 aliphatic rings. The molecule has 0 saturated carbocycles. The van der Waals surface area contributed by atoms with Crippen LogP contribution < -0.4 is 10.5 Å². The van der Waals surface area contributed by atoms with Crippen molar-refractivity contribution in [2.45, 2.75) is 31.1 Å². The van der Waals surface area contributed by atoms with Crippen LogP contribution in [0.5, 0.6) is 5.75 Å². The predicted octanol–water partition coefficient (Wildman–Crippen LogP) is 4.74. The van der Waals surface area contributed by atoms with Crippen molar-refractivity contribution in [2.75, 3.05) is 18.1 Å². The first-order valence-electron chi connectivity index (χ1n) is 7.17. The summed E-state index contributed by atoms with van der Waals surface area (Å²) in [5.41, 5.74) is 8.07. The minimum Gasteiger partial charge on any atom is -0.493 e. The van der Waals surface area contributed by atoms with Gasteiger partial charge in [-0.2, -0.15) is 0 Å². The largest absolute Gasteiger partial charge is 0.493 e. The van der Waals surface area contributed by atoms with E-state index in [4.69, 9.17) is 10.5 Å². The number of nitrogen functional groups attached to an aromatic ring is 1. The molecule has 0 heterocycles. The molecular weight excluding hydrogens is 278 g/mol. The highest BCUT2D eigenvalue weighted by Gasteiger charge is 2.12. The van der Waals surface area contributed by atoms with Gasteiger partial charge >= 0.3 is 0 Å². The van der Waals surface area contributed by atoms with Gasteiger partial charge in [0.05, 0.1) is 6.61 Å². The van der Waals surface area contributed by atoms with Crippen LogP contribution in [0.2, 0.25) is 0 Å². The SMILES string of the molecule is CC(C)(C)c1ccc(OCCSc2cccc(N)c2)cc1. The molecule has 112 valence electrons. The predicted molar refractivity (Wildman–Crippen MR) is 92.2 cm³/mol. The second-order valence-electron chi connectivity index (χ2n) is 6.04. The van der Waals surface area contributed by atoms with Gasteiger partial charge in [0, 0.05) is 16.3 Å². The number of hydrogen-bond acceptors (Lipinski definition) is 3. The average molecular weight is 301 g/mol. The second-order valence-corrected chi connectivity index (χ2v) is 7.21. The summed E-state index contributed by atoms with van der Waals surface area (Å²) in [5, 5.41) is 0. The van der Waals surface area contributed by atoms with Gasteiger partial charge in [0.15, 0.2) is 0 Å². The Morgan fingerprint density at radius 1 is 1.05 bits per heavy atom. The Kier molecular flexibility index (Phi) is 5.18. The Hall–Kier alpha value is -1.61. The second kappa shape index (κ2) is 6.90. The minimum atomic E-state index is 0.182. The monoisotopic (exact) mass is 301 g/mol. The normalized spacial score (nSPS) is 11.4. The van der Waals surface area contributed by atoms with E-state index >= 15 is 0 Å². The fraction of sp³-hybridized carbons (Fsp3) is 0.333. The number of hydrogen-bond donors (Lipinski definition) is 1. The molecule has 21 heavy (non-hydrogen) atoms. The molecule has 0 fully saturated rings. The third kappa shape index (κ3) is 5.01. The zero-order valence-electron chi connectivity index (χ0n) is 12.9. The molecule has 0 amide bonds. The third-order valence-corrected chi connectivity index (χ3v) is 4.16. The highest BCUT2D eigenvalue weighted by molar-refractivity contribution is 7.99. The van der Waals surface area contributed by atoms with Gasteiger partial charge < -0.3 is 10.5 Å². The number of nitrogens with two attached hydrogens (primary N) is 1. The van der Waals surface area contributed by atoms with E-state index in [1.54, 1.807) is 11.8 Å². The maximum atomic E-state index is 5.77. The number of benzene rings is 2. The Morgan fingerprint density at radius 2 is 1.76 bits per heavy atom. The van der Waals surface area contributed by atoms with Crippen molar-refractivity contribution >= 4 is 17.4 Å². The first kappa shape index (κ1) is 15.8. The molecule has 0 spiro atoms. The fourth-order valence-electron chi connectivity index (χ4n) is 1.97. The van der Waals surface area contributed by atoms with E-state index in [0.717, 1.165) is 17.2 Å². The van der Waals surface area contributed by atoms with E-state index in [0.29, 0.717) is 6.61 Å². The molecule has 2 rings (SSSR count). The van der Waals surface area contributed by atoms with Crippen molar-refractivity contribution < 1.29 is 4.74 Å². The van der Waals surface area contributed by atoms with Crippen LogP contribution in [0.4, 0.5) is 5.69 Å². The van der Waals surface area contributed by atoms with E-state index < -0.39 is 0 Å². The first-order chi connectivity index (χ1) is 9.95. The summed E-state index contributed by atoms with van der Waals surface area (Å²) in [6.07, 6.45) is 0. The summed E-state index contributed by atoms with van der Waals surface area (Å²) in [7, 11) is 0. The van der Waals surface area contributed by atoms with Crippen LogP contribution in [0.15, 0.2) is 53.4 Å². The molecule has 2 aromatic rings. The highest BCUT2D eigenvalue weighted by Crippen LogP contribution is 2.25. The molecule has 0 bridgehead atoms. The highest BCUT2D eigenvalue weighted by atomic mass is 32.2. The van der Waals surface area contributed by atoms with Crippen LogP contribution in [0.1, 0.15) is 26.3 Å². The molecule has 0 aliphatic heterocycles. The van der Waals surface area contributed by atoms with Crippen molar-refractivity contribution in [3.63, 3.8) is 0 Å². The number of ether oxygens (including phenoxy) is 1. The van der Waals surface area contributed by atoms with E-state index in [1.807, 2.05) is 30.3 Å². The lowest BCUT2D eigenvalue weighted by molar-refractivity contribution is 0.343. The summed E-state index contributed by atoms with van der Waals surface area (Å²) < 4.78 is 5.77. The Bertz CT molecular complexity index is 573. The molecule has 0 radical (unpaired) electrons. The number of rotatable bonds is 5. The van der Waals surface area contributed by atoms with Gasteiger partial charge in [-0.15, -0.1) is 11.8 Å². The van der Waals surface area contributed by atoms with Gasteiger partial charge in [0.25, 0.3) is 0 Å². The molecule has 2 aromatic carbocycles. The lowest BCUT2D eigenvalue weighted by Crippen LogP contribution is -2.10. The lowest BCUT2D eigenvalue weighted by atomic mass is 9.87. The maximum absolute atomic E-state index is 5.77. The topological polar surface area (TPSA) is 35.2 Å². The van der Waals surface area contributed by atoms with Crippen LogP contribution in [0, 0.1) is 0 Å². The van der Waals surface area contributed by atoms with E-state index in [-0.39, 0.29) is 5.41 Å². The summed E-state index contributed by atoms with van der Waals surface area (Å²) in [6.45, 7) is 7.33. The van der Waals surface area contributed by atoms with Gasteiger partial charge in [-0.05, 0) is 41.3 Å². The smallest absolute Gasteiger partial charge is 0.119 e. The van der Waals surface area contributed by atoms with Crippen LogP contribution in [0.25, 0.3) is 0 Å². The molecule has 0 atom stereocenters. The van der Waals surface area contributed by atoms with Crippen molar-refractivity contribution in [3.8, 4) is 5.75 Å². The zero-order valence-corrected chi connectivity index (χ0v) is 13.7. The molecule has 2 N–H and O–H groups in total. The van der Waals surface area contributed by atoms with Gasteiger partial charge in [0.1, 0.15) is 5.75 Å². The van der Waals surface area contributed by atoms with Crippen LogP contribution in [0.3, 0.4) is 0 Å². The number of thioether (sulfide) groups is 1. The van der Waals surface area contributed by atoms with Crippen molar-refractivity contribution in [1.82, 2.24) is 0 Å². The van der Waals surface area contributed by atoms with Crippen molar-refractivity contribution in [3.05, 3.63) is 54.1 Å². The lowest BCUT2D eigenvalue weighted by Gasteiger charge is -2.19. The van der Waals surface area contributed by atoms with Crippen molar-refractivity contribution in [2.24, 2.45) is 0 Å². The Balaban J connectivity index is 1.79. The molecule has 0 unspecified atom stereocenters. The van der Waals surface area contributed by atoms with Crippen LogP contribution in [-0.4, -0.2) is 12.4 Å². The molecule has 3 heteroatoms. The summed E-state index contributed by atoms with van der Waals surface area (Å²) >= 11 is 1.76. The number of anilines is 1. The Labute approximate surface area is 131 Å². The molecule has 2 nitrogen and oxygen atoms in total. The minimum absolute atomic E-state index is 0.182. The van der Waals surface area contributed by atoms with E-state index in [9.17, 15) is 0 Å². The average Bonchev–Trinajstić information content (AvgIpc) is 2.43. The van der Waals surface area contributed by atoms with Crippen LogP contribution in [-0.2, 0) is 5.41 Å². The summed E-state index contributed by atoms with van der Waals surface area (Å²) in [6, 6.07) is 16.3. The third-order valence-electron chi connectivity index (χ3n) is 3.20. The standard InChI is InChI=1S/C18H23NOS/c1-18(2,3)14-7-9-16(10-8-14)20-11-12-21-17-6-4-5-15(19)13-17/h4-10,13H,11-12,19H2,1-3H3. The molecular formula is C18H23NOS. The Morgan fingerprint density at radius 3 is 2.38 bits per heavy atom. The van der Waals surface area contributed by atoms with Gasteiger partial charge in [-0.1, -0.05) is 39.0 Å². The van der Waals surface area contributed by atoms with Gasteiger partial charge in [0.2, 0.25) is 0 Å². The zero-order chi connectivity index (χ0) is 15.3. The first-order valence-corrected chi connectivity index (χ1v) is 8.15. The van der Waals surface area contributed by atoms with Gasteiger partial charge in [-0.25, -0.2) is 0 Å². The van der Waals surface area contributed by atoms with Crippen molar-refractivity contribution in [1.29, 1.82) is 0 Å². The van der Waals surface area contributed by atoms with Gasteiger partial charge in [-0.3, -0.25) is 0 Å². The summed E-state index contributed by atoms with van der Waals surface area (Å²) in [4.78, 5) is 1.18. The molecule has 0 aromatic heterocycles. The van der Waals surface area contributed by atoms with E-state index in [2.05, 4.69) is 39.0 Å². The maximum Gasteiger partial charge on any atom is 0.119 e. The fourth-order valence-corrected chi connectivity index (χ4v) is 2.77. The molecule has 0 saturated heterocycles. The van der Waals surface area contributed by atoms with E-state index in [1.165, 1.54) is 10.5 Å². The molecule has 0 aliphatic carbocycles. The summed E-state index contributed by atoms with van der Waals surface area (Å²) in [5.74, 6) is 1.83. The van der Waals surface area contributed by atoms with Crippen LogP contribution >= 0.6 is 11.8 Å². The quantitative estimate of drug-likeness (QED) is 0.492.